The van der Waals surface area contributed by atoms with Gasteiger partial charge in [0, 0.05) is 14.1 Å². The van der Waals surface area contributed by atoms with Crippen LogP contribution in [0.5, 0.6) is 0 Å². The van der Waals surface area contributed by atoms with E-state index in [0.29, 0.717) is 11.0 Å². The van der Waals surface area contributed by atoms with E-state index in [4.69, 9.17) is 0 Å². The standard InChI is InChI=1S/C12H10N4O2/c1-15-11(17)9-10(12(18)16(15)2)14-8-6-4-3-5-7(8)13-9/h3-6H,1-2H3. The maximum Gasteiger partial charge on any atom is 0.293 e. The molecule has 0 spiro atoms. The molecule has 6 nitrogen and oxygen atoms in total. The summed E-state index contributed by atoms with van der Waals surface area (Å²) in [5, 5.41) is 0. The third-order valence-electron chi connectivity index (χ3n) is 3.01. The van der Waals surface area contributed by atoms with E-state index in [1.807, 2.05) is 12.1 Å². The Balaban J connectivity index is 2.67. The molecule has 2 heterocycles. The zero-order valence-electron chi connectivity index (χ0n) is 9.91. The topological polar surface area (TPSA) is 69.8 Å². The monoisotopic (exact) mass is 242 g/mol. The van der Waals surface area contributed by atoms with Gasteiger partial charge in [-0.1, -0.05) is 12.1 Å². The second kappa shape index (κ2) is 3.49. The van der Waals surface area contributed by atoms with Crippen LogP contribution < -0.4 is 11.1 Å². The maximum absolute atomic E-state index is 12.0. The Kier molecular flexibility index (Phi) is 2.07. The molecule has 0 saturated carbocycles. The van der Waals surface area contributed by atoms with Gasteiger partial charge in [0.25, 0.3) is 11.1 Å². The number of benzene rings is 1. The molecule has 0 N–H and O–H groups in total. The molecule has 0 radical (unpaired) electrons. The van der Waals surface area contributed by atoms with E-state index < -0.39 is 0 Å². The van der Waals surface area contributed by atoms with E-state index in [9.17, 15) is 9.59 Å². The predicted molar refractivity (Wildman–Crippen MR) is 67.5 cm³/mol. The summed E-state index contributed by atoms with van der Waals surface area (Å²) in [4.78, 5) is 32.6. The first-order valence-electron chi connectivity index (χ1n) is 5.42. The number of aromatic nitrogens is 4. The molecule has 2 aromatic heterocycles. The number of para-hydroxylation sites is 2. The Hall–Kier alpha value is -2.50. The van der Waals surface area contributed by atoms with Crippen LogP contribution in [0, 0.1) is 0 Å². The van der Waals surface area contributed by atoms with Gasteiger partial charge in [-0.15, -0.1) is 0 Å². The summed E-state index contributed by atoms with van der Waals surface area (Å²) in [7, 11) is 3.06. The van der Waals surface area contributed by atoms with Crippen molar-refractivity contribution >= 4 is 22.1 Å². The summed E-state index contributed by atoms with van der Waals surface area (Å²) in [6, 6.07) is 7.15. The molecule has 0 aliphatic rings. The summed E-state index contributed by atoms with van der Waals surface area (Å²) in [5.74, 6) is 0. The van der Waals surface area contributed by atoms with Crippen molar-refractivity contribution in [2.75, 3.05) is 0 Å². The molecule has 0 fully saturated rings. The van der Waals surface area contributed by atoms with Gasteiger partial charge in [0.05, 0.1) is 11.0 Å². The van der Waals surface area contributed by atoms with E-state index in [2.05, 4.69) is 9.97 Å². The van der Waals surface area contributed by atoms with Crippen LogP contribution in [0.1, 0.15) is 0 Å². The molecular formula is C12H10N4O2. The Morgan fingerprint density at radius 1 is 0.833 bits per heavy atom. The fourth-order valence-electron chi connectivity index (χ4n) is 1.88. The first-order chi connectivity index (χ1) is 8.59. The lowest BCUT2D eigenvalue weighted by molar-refractivity contribution is 0.541. The Morgan fingerprint density at radius 2 is 1.22 bits per heavy atom. The second-order valence-corrected chi connectivity index (χ2v) is 4.07. The first kappa shape index (κ1) is 10.6. The minimum absolute atomic E-state index is 0.110. The lowest BCUT2D eigenvalue weighted by atomic mass is 10.3. The average molecular weight is 242 g/mol. The predicted octanol–water partition coefficient (Wildman–Crippen LogP) is 0.180. The SMILES string of the molecule is Cn1c(=O)c2nc3ccccc3nc2c(=O)n1C. The largest absolute Gasteiger partial charge is 0.293 e. The second-order valence-electron chi connectivity index (χ2n) is 4.07. The molecule has 0 atom stereocenters. The van der Waals surface area contributed by atoms with Crippen molar-refractivity contribution in [1.29, 1.82) is 0 Å². The summed E-state index contributed by atoms with van der Waals surface area (Å²) in [6.07, 6.45) is 0. The number of rotatable bonds is 0. The molecule has 0 bridgehead atoms. The van der Waals surface area contributed by atoms with Gasteiger partial charge in [0.2, 0.25) is 0 Å². The molecule has 1 aromatic carbocycles. The van der Waals surface area contributed by atoms with Gasteiger partial charge in [0.15, 0.2) is 11.0 Å². The van der Waals surface area contributed by atoms with Crippen LogP contribution in [-0.2, 0) is 14.1 Å². The third-order valence-corrected chi connectivity index (χ3v) is 3.01. The number of nitrogens with zero attached hydrogens (tertiary/aromatic N) is 4. The number of hydrogen-bond donors (Lipinski definition) is 0. The highest BCUT2D eigenvalue weighted by molar-refractivity contribution is 5.84. The zero-order valence-corrected chi connectivity index (χ0v) is 9.91. The Labute approximate surface area is 101 Å². The van der Waals surface area contributed by atoms with Gasteiger partial charge in [0.1, 0.15) is 0 Å². The van der Waals surface area contributed by atoms with E-state index >= 15 is 0 Å². The van der Waals surface area contributed by atoms with Crippen LogP contribution in [0.15, 0.2) is 33.9 Å². The molecule has 0 saturated heterocycles. The normalized spacial score (nSPS) is 11.2. The molecule has 90 valence electrons. The van der Waals surface area contributed by atoms with E-state index in [-0.39, 0.29) is 22.2 Å². The first-order valence-corrected chi connectivity index (χ1v) is 5.42. The van der Waals surface area contributed by atoms with Crippen LogP contribution in [0.25, 0.3) is 22.1 Å². The minimum atomic E-state index is -0.328. The quantitative estimate of drug-likeness (QED) is 0.527. The average Bonchev–Trinajstić information content (AvgIpc) is 2.41. The van der Waals surface area contributed by atoms with Crippen molar-refractivity contribution in [3.63, 3.8) is 0 Å². The summed E-state index contributed by atoms with van der Waals surface area (Å²) < 4.78 is 2.46. The zero-order chi connectivity index (χ0) is 12.9. The highest BCUT2D eigenvalue weighted by atomic mass is 16.2. The van der Waals surface area contributed by atoms with Gasteiger partial charge in [-0.3, -0.25) is 9.59 Å². The van der Waals surface area contributed by atoms with Crippen molar-refractivity contribution in [2.24, 2.45) is 14.1 Å². The van der Waals surface area contributed by atoms with Gasteiger partial charge in [-0.25, -0.2) is 19.3 Å². The molecule has 3 aromatic rings. The van der Waals surface area contributed by atoms with Crippen molar-refractivity contribution < 1.29 is 0 Å². The number of hydrogen-bond acceptors (Lipinski definition) is 4. The lowest BCUT2D eigenvalue weighted by Crippen LogP contribution is -2.36. The van der Waals surface area contributed by atoms with E-state index in [1.54, 1.807) is 12.1 Å². The Bertz CT molecular complexity index is 818. The maximum atomic E-state index is 12.0. The summed E-state index contributed by atoms with van der Waals surface area (Å²) >= 11 is 0. The van der Waals surface area contributed by atoms with Gasteiger partial charge < -0.3 is 0 Å². The smallest absolute Gasteiger partial charge is 0.265 e. The molecule has 0 aliphatic carbocycles. The lowest BCUT2D eigenvalue weighted by Gasteiger charge is -2.07. The van der Waals surface area contributed by atoms with Crippen molar-refractivity contribution in [3.05, 3.63) is 45.0 Å². The molecule has 0 aliphatic heterocycles. The van der Waals surface area contributed by atoms with Crippen LogP contribution >= 0.6 is 0 Å². The fraction of sp³-hybridized carbons (Fsp3) is 0.167. The summed E-state index contributed by atoms with van der Waals surface area (Å²) in [5.41, 5.74) is 0.778. The third kappa shape index (κ3) is 1.29. The van der Waals surface area contributed by atoms with Crippen molar-refractivity contribution in [1.82, 2.24) is 19.3 Å². The highest BCUT2D eigenvalue weighted by Gasteiger charge is 2.12. The van der Waals surface area contributed by atoms with Gasteiger partial charge in [-0.05, 0) is 12.1 Å². The van der Waals surface area contributed by atoms with Crippen LogP contribution in [0.2, 0.25) is 0 Å². The molecule has 6 heteroatoms. The van der Waals surface area contributed by atoms with Crippen LogP contribution in [0.4, 0.5) is 0 Å². The number of fused-ring (bicyclic) bond motifs is 2. The molecule has 0 amide bonds. The molecule has 0 unspecified atom stereocenters. The molecular weight excluding hydrogens is 232 g/mol. The molecule has 3 rings (SSSR count). The van der Waals surface area contributed by atoms with Crippen LogP contribution in [0.3, 0.4) is 0 Å². The summed E-state index contributed by atoms with van der Waals surface area (Å²) in [6.45, 7) is 0. The van der Waals surface area contributed by atoms with E-state index in [1.165, 1.54) is 23.5 Å². The van der Waals surface area contributed by atoms with E-state index in [0.717, 1.165) is 0 Å². The van der Waals surface area contributed by atoms with Crippen molar-refractivity contribution in [2.45, 2.75) is 0 Å². The van der Waals surface area contributed by atoms with Gasteiger partial charge >= 0.3 is 0 Å². The van der Waals surface area contributed by atoms with Crippen LogP contribution in [-0.4, -0.2) is 19.3 Å². The van der Waals surface area contributed by atoms with Crippen molar-refractivity contribution in [3.8, 4) is 0 Å². The Morgan fingerprint density at radius 3 is 1.61 bits per heavy atom. The highest BCUT2D eigenvalue weighted by Crippen LogP contribution is 2.10. The fourth-order valence-corrected chi connectivity index (χ4v) is 1.88. The minimum Gasteiger partial charge on any atom is -0.265 e. The molecule has 18 heavy (non-hydrogen) atoms. The van der Waals surface area contributed by atoms with Gasteiger partial charge in [-0.2, -0.15) is 0 Å².